The summed E-state index contributed by atoms with van der Waals surface area (Å²) in [6.07, 6.45) is -2.56. The zero-order valence-corrected chi connectivity index (χ0v) is 13.9. The van der Waals surface area contributed by atoms with Crippen LogP contribution >= 0.6 is 0 Å². The summed E-state index contributed by atoms with van der Waals surface area (Å²) in [5, 5.41) is 5.07. The maximum atomic E-state index is 13.0. The van der Waals surface area contributed by atoms with E-state index in [9.17, 15) is 22.8 Å². The number of allylic oxidation sites excluding steroid dienone is 1. The van der Waals surface area contributed by atoms with E-state index in [1.807, 2.05) is 6.92 Å². The Morgan fingerprint density at radius 3 is 2.64 bits per heavy atom. The number of methoxy groups -OCH3 is 1. The van der Waals surface area contributed by atoms with E-state index in [-0.39, 0.29) is 11.1 Å². The molecule has 1 aliphatic rings. The molecular formula is C17H19F3N2O3. The lowest BCUT2D eigenvalue weighted by Crippen LogP contribution is -2.46. The van der Waals surface area contributed by atoms with Crippen molar-refractivity contribution in [2.45, 2.75) is 38.4 Å². The molecule has 0 radical (unpaired) electrons. The number of amides is 2. The molecule has 1 aromatic carbocycles. The maximum Gasteiger partial charge on any atom is 0.416 e. The smallest absolute Gasteiger partial charge is 0.416 e. The summed E-state index contributed by atoms with van der Waals surface area (Å²) in [4.78, 5) is 24.1. The fourth-order valence-corrected chi connectivity index (χ4v) is 2.66. The Bertz CT molecular complexity index is 699. The summed E-state index contributed by atoms with van der Waals surface area (Å²) >= 11 is 0. The molecule has 1 atom stereocenters. The molecule has 2 rings (SSSR count). The predicted octanol–water partition coefficient (Wildman–Crippen LogP) is 3.68. The van der Waals surface area contributed by atoms with Gasteiger partial charge in [-0.1, -0.05) is 25.5 Å². The van der Waals surface area contributed by atoms with Gasteiger partial charge in [-0.3, -0.25) is 0 Å². The molecule has 1 aromatic rings. The molecule has 0 aromatic heterocycles. The Kier molecular flexibility index (Phi) is 5.71. The van der Waals surface area contributed by atoms with Crippen LogP contribution in [0.5, 0.6) is 0 Å². The Morgan fingerprint density at radius 2 is 2.04 bits per heavy atom. The molecule has 136 valence electrons. The zero-order chi connectivity index (χ0) is 18.6. The molecule has 0 spiro atoms. The fraction of sp³-hybridized carbons (Fsp3) is 0.412. The van der Waals surface area contributed by atoms with Crippen LogP contribution in [0.1, 0.15) is 43.4 Å². The van der Waals surface area contributed by atoms with Crippen molar-refractivity contribution in [2.24, 2.45) is 0 Å². The van der Waals surface area contributed by atoms with E-state index in [0.29, 0.717) is 18.5 Å². The molecule has 8 heteroatoms. The maximum absolute atomic E-state index is 13.0. The molecule has 2 N–H and O–H groups in total. The number of hydrogen-bond acceptors (Lipinski definition) is 3. The lowest BCUT2D eigenvalue weighted by molar-refractivity contribution is -0.137. The van der Waals surface area contributed by atoms with Gasteiger partial charge in [0, 0.05) is 5.70 Å². The van der Waals surface area contributed by atoms with Gasteiger partial charge in [0.05, 0.1) is 24.3 Å². The number of benzene rings is 1. The highest BCUT2D eigenvalue weighted by Crippen LogP contribution is 2.34. The van der Waals surface area contributed by atoms with E-state index < -0.39 is 29.8 Å². The van der Waals surface area contributed by atoms with Crippen molar-refractivity contribution in [3.63, 3.8) is 0 Å². The number of rotatable bonds is 5. The molecule has 5 nitrogen and oxygen atoms in total. The summed E-state index contributed by atoms with van der Waals surface area (Å²) in [6.45, 7) is 1.95. The van der Waals surface area contributed by atoms with Gasteiger partial charge in [0.15, 0.2) is 0 Å². The third-order valence-corrected chi connectivity index (χ3v) is 3.89. The second-order valence-electron chi connectivity index (χ2n) is 5.64. The summed E-state index contributed by atoms with van der Waals surface area (Å²) < 4.78 is 43.7. The summed E-state index contributed by atoms with van der Waals surface area (Å²) in [6, 6.07) is 2.97. The highest BCUT2D eigenvalue weighted by Gasteiger charge is 2.35. The SMILES string of the molecule is CCCCC1=C(C(=O)OC)C(c2cccc(C(F)(F)F)c2)NC(=O)N1. The minimum Gasteiger partial charge on any atom is -0.466 e. The topological polar surface area (TPSA) is 67.4 Å². The third kappa shape index (κ3) is 4.32. The first kappa shape index (κ1) is 18.8. The highest BCUT2D eigenvalue weighted by atomic mass is 19.4. The Morgan fingerprint density at radius 1 is 1.32 bits per heavy atom. The number of ether oxygens (including phenoxy) is 1. The van der Waals surface area contributed by atoms with Crippen molar-refractivity contribution in [2.75, 3.05) is 7.11 Å². The van der Waals surface area contributed by atoms with Crippen molar-refractivity contribution < 1.29 is 27.5 Å². The van der Waals surface area contributed by atoms with Crippen LogP contribution in [-0.2, 0) is 15.7 Å². The van der Waals surface area contributed by atoms with E-state index in [2.05, 4.69) is 10.6 Å². The molecule has 0 aliphatic carbocycles. The van der Waals surface area contributed by atoms with Gasteiger partial charge in [0.2, 0.25) is 0 Å². The van der Waals surface area contributed by atoms with Gasteiger partial charge < -0.3 is 15.4 Å². The summed E-state index contributed by atoms with van der Waals surface area (Å²) in [5.74, 6) is -0.694. The lowest BCUT2D eigenvalue weighted by Gasteiger charge is -2.29. The van der Waals surface area contributed by atoms with Gasteiger partial charge in [-0.15, -0.1) is 0 Å². The number of unbranched alkanes of at least 4 members (excludes halogenated alkanes) is 1. The first-order chi connectivity index (χ1) is 11.8. The van der Waals surface area contributed by atoms with Gasteiger partial charge in [-0.25, -0.2) is 9.59 Å². The van der Waals surface area contributed by atoms with Gasteiger partial charge in [-0.2, -0.15) is 13.2 Å². The Balaban J connectivity index is 2.52. The third-order valence-electron chi connectivity index (χ3n) is 3.89. The van der Waals surface area contributed by atoms with Crippen LogP contribution < -0.4 is 10.6 Å². The van der Waals surface area contributed by atoms with Gasteiger partial charge in [-0.05, 0) is 30.5 Å². The van der Waals surface area contributed by atoms with E-state index in [1.165, 1.54) is 19.2 Å². The molecule has 2 amide bonds. The second kappa shape index (κ2) is 7.58. The first-order valence-corrected chi connectivity index (χ1v) is 7.84. The quantitative estimate of drug-likeness (QED) is 0.791. The summed E-state index contributed by atoms with van der Waals surface area (Å²) in [7, 11) is 1.19. The number of alkyl halides is 3. The van der Waals surface area contributed by atoms with E-state index >= 15 is 0 Å². The molecule has 25 heavy (non-hydrogen) atoms. The zero-order valence-electron chi connectivity index (χ0n) is 13.9. The number of carbonyl (C=O) groups excluding carboxylic acids is 2. The number of hydrogen-bond donors (Lipinski definition) is 2. The fourth-order valence-electron chi connectivity index (χ4n) is 2.66. The van der Waals surface area contributed by atoms with Crippen molar-refractivity contribution in [3.05, 3.63) is 46.7 Å². The lowest BCUT2D eigenvalue weighted by atomic mass is 9.92. The second-order valence-corrected chi connectivity index (χ2v) is 5.64. The van der Waals surface area contributed by atoms with Crippen LogP contribution in [0, 0.1) is 0 Å². The van der Waals surface area contributed by atoms with Crippen LogP contribution in [-0.4, -0.2) is 19.1 Å². The summed E-state index contributed by atoms with van der Waals surface area (Å²) in [5.41, 5.74) is -0.189. The number of nitrogens with one attached hydrogen (secondary N) is 2. The van der Waals surface area contributed by atoms with Crippen molar-refractivity contribution in [1.82, 2.24) is 10.6 Å². The Labute approximate surface area is 143 Å². The first-order valence-electron chi connectivity index (χ1n) is 7.84. The molecule has 0 saturated heterocycles. The molecule has 0 bridgehead atoms. The van der Waals surface area contributed by atoms with E-state index in [4.69, 9.17) is 4.74 Å². The van der Waals surface area contributed by atoms with Crippen LogP contribution in [0.2, 0.25) is 0 Å². The van der Waals surface area contributed by atoms with Crippen molar-refractivity contribution in [1.29, 1.82) is 0 Å². The average molecular weight is 356 g/mol. The number of halogens is 3. The average Bonchev–Trinajstić information content (AvgIpc) is 2.58. The molecule has 1 aliphatic heterocycles. The van der Waals surface area contributed by atoms with Gasteiger partial charge in [0.25, 0.3) is 0 Å². The molecule has 0 fully saturated rings. The minimum absolute atomic E-state index is 0.120. The van der Waals surface area contributed by atoms with Crippen LogP contribution in [0.25, 0.3) is 0 Å². The van der Waals surface area contributed by atoms with E-state index in [0.717, 1.165) is 18.6 Å². The van der Waals surface area contributed by atoms with Crippen LogP contribution in [0.4, 0.5) is 18.0 Å². The normalized spacial score (nSPS) is 17.8. The minimum atomic E-state index is -4.52. The van der Waals surface area contributed by atoms with Crippen molar-refractivity contribution in [3.8, 4) is 0 Å². The van der Waals surface area contributed by atoms with Gasteiger partial charge in [0.1, 0.15) is 0 Å². The van der Waals surface area contributed by atoms with Crippen LogP contribution in [0.3, 0.4) is 0 Å². The molecular weight excluding hydrogens is 337 g/mol. The largest absolute Gasteiger partial charge is 0.466 e. The highest BCUT2D eigenvalue weighted by molar-refractivity contribution is 5.95. The van der Waals surface area contributed by atoms with E-state index in [1.54, 1.807) is 0 Å². The monoisotopic (exact) mass is 356 g/mol. The molecule has 1 heterocycles. The standard InChI is InChI=1S/C17H19F3N2O3/c1-3-4-8-12-13(15(23)25-2)14(22-16(24)21-12)10-6-5-7-11(9-10)17(18,19)20/h5-7,9,14H,3-4,8H2,1-2H3,(H2,21,22,24). The van der Waals surface area contributed by atoms with Crippen LogP contribution in [0.15, 0.2) is 35.5 Å². The molecule has 1 unspecified atom stereocenters. The van der Waals surface area contributed by atoms with Crippen molar-refractivity contribution >= 4 is 12.0 Å². The molecule has 0 saturated carbocycles. The Hall–Kier alpha value is -2.51. The number of esters is 1. The number of carbonyl (C=O) groups is 2. The van der Waals surface area contributed by atoms with Gasteiger partial charge >= 0.3 is 18.2 Å². The number of urea groups is 1. The predicted molar refractivity (Wildman–Crippen MR) is 84.4 cm³/mol.